The van der Waals surface area contributed by atoms with Gasteiger partial charge in [0.05, 0.1) is 25.4 Å². The quantitative estimate of drug-likeness (QED) is 0.0320. The normalized spacial score (nSPS) is 12.6. The highest BCUT2D eigenvalue weighted by molar-refractivity contribution is 5.76. The fraction of sp³-hybridized carbons (Fsp3) is 0.910. The van der Waals surface area contributed by atoms with Crippen LogP contribution in [0.3, 0.4) is 0 Å². The van der Waals surface area contributed by atoms with Crippen molar-refractivity contribution in [2.45, 2.75) is 508 Å². The van der Waals surface area contributed by atoms with Crippen molar-refractivity contribution >= 4 is 11.9 Å². The van der Waals surface area contributed by atoms with E-state index >= 15 is 0 Å². The Labute approximate surface area is 595 Å². The Morgan fingerprint density at radius 3 is 0.747 bits per heavy atom. The van der Waals surface area contributed by atoms with Gasteiger partial charge in [0.1, 0.15) is 0 Å². The number of carbonyl (C=O) groups excluding carboxylic acids is 2. The molecule has 0 saturated heterocycles. The Hall–Kier alpha value is -1.92. The molecule has 0 aliphatic heterocycles. The monoisotopic (exact) mass is 1330 g/mol. The van der Waals surface area contributed by atoms with Crippen molar-refractivity contribution in [2.24, 2.45) is 0 Å². The summed E-state index contributed by atoms with van der Waals surface area (Å²) in [6, 6.07) is -0.626. The number of rotatable bonds is 83. The summed E-state index contributed by atoms with van der Waals surface area (Å²) >= 11 is 0. The maximum absolute atomic E-state index is 12.6. The number of carbonyl (C=O) groups is 2. The summed E-state index contributed by atoms with van der Waals surface area (Å²) in [6.07, 6.45) is 112. The molecule has 0 bridgehead atoms. The molecule has 2 atom stereocenters. The first-order valence-electron chi connectivity index (χ1n) is 43.8. The Morgan fingerprint density at radius 2 is 0.495 bits per heavy atom. The van der Waals surface area contributed by atoms with Crippen molar-refractivity contribution in [2.75, 3.05) is 13.2 Å². The Balaban J connectivity index is 3.34. The van der Waals surface area contributed by atoms with Gasteiger partial charge in [-0.15, -0.1) is 0 Å². The number of ether oxygens (including phenoxy) is 1. The van der Waals surface area contributed by atoms with Crippen LogP contribution in [0, 0.1) is 0 Å². The van der Waals surface area contributed by atoms with Gasteiger partial charge in [-0.25, -0.2) is 0 Å². The van der Waals surface area contributed by atoms with E-state index in [-0.39, 0.29) is 18.5 Å². The second-order valence-electron chi connectivity index (χ2n) is 30.2. The highest BCUT2D eigenvalue weighted by Crippen LogP contribution is 2.20. The van der Waals surface area contributed by atoms with E-state index in [1.54, 1.807) is 6.08 Å². The molecule has 0 heterocycles. The smallest absolute Gasteiger partial charge is 0.305 e. The maximum atomic E-state index is 12.6. The minimum Gasteiger partial charge on any atom is -0.466 e. The molecule has 0 fully saturated rings. The molecule has 0 aliphatic carbocycles. The third-order valence-electron chi connectivity index (χ3n) is 20.6. The van der Waals surface area contributed by atoms with Gasteiger partial charge in [0.25, 0.3) is 0 Å². The molecule has 0 spiro atoms. The molecule has 1 amide bonds. The van der Waals surface area contributed by atoms with Gasteiger partial charge in [-0.05, 0) is 83.5 Å². The molecular weight excluding hydrogens is 1160 g/mol. The third-order valence-corrected chi connectivity index (χ3v) is 20.6. The fourth-order valence-electron chi connectivity index (χ4n) is 14.0. The molecule has 6 nitrogen and oxygen atoms in total. The van der Waals surface area contributed by atoms with E-state index in [0.717, 1.165) is 38.5 Å². The molecule has 0 saturated carbocycles. The minimum absolute atomic E-state index is 0.0219. The fourth-order valence-corrected chi connectivity index (χ4v) is 14.0. The first-order valence-corrected chi connectivity index (χ1v) is 43.8. The number of aliphatic hydroxyl groups excluding tert-OH is 2. The van der Waals surface area contributed by atoms with Crippen LogP contribution in [0.5, 0.6) is 0 Å². The molecule has 0 rings (SSSR count). The summed E-state index contributed by atoms with van der Waals surface area (Å²) in [5.74, 6) is -0.0369. The number of aliphatic hydroxyl groups is 2. The first kappa shape index (κ1) is 93.1. The molecule has 0 aromatic rings. The molecule has 0 aliphatic rings. The largest absolute Gasteiger partial charge is 0.466 e. The van der Waals surface area contributed by atoms with Crippen LogP contribution in [0.4, 0.5) is 0 Å². The number of nitrogens with one attached hydrogen (secondary N) is 1. The predicted octanol–water partition coefficient (Wildman–Crippen LogP) is 29.3. The van der Waals surface area contributed by atoms with Gasteiger partial charge in [0.2, 0.25) is 5.91 Å². The minimum atomic E-state index is -0.843. The van der Waals surface area contributed by atoms with Crippen molar-refractivity contribution in [3.63, 3.8) is 0 Å². The van der Waals surface area contributed by atoms with Crippen LogP contribution < -0.4 is 5.32 Å². The maximum Gasteiger partial charge on any atom is 0.305 e. The van der Waals surface area contributed by atoms with Crippen LogP contribution in [0.2, 0.25) is 0 Å². The molecule has 3 N–H and O–H groups in total. The molecule has 95 heavy (non-hydrogen) atoms. The lowest BCUT2D eigenvalue weighted by Crippen LogP contribution is -2.45. The molecule has 0 aromatic carbocycles. The van der Waals surface area contributed by atoms with Gasteiger partial charge in [-0.2, -0.15) is 0 Å². The van der Waals surface area contributed by atoms with E-state index in [1.807, 2.05) is 6.08 Å². The van der Waals surface area contributed by atoms with Crippen LogP contribution in [0.1, 0.15) is 495 Å². The van der Waals surface area contributed by atoms with Crippen LogP contribution >= 0.6 is 0 Å². The first-order chi connectivity index (χ1) is 47.0. The zero-order valence-corrected chi connectivity index (χ0v) is 64.7. The Morgan fingerprint density at radius 1 is 0.284 bits per heavy atom. The van der Waals surface area contributed by atoms with E-state index in [1.165, 1.54) is 430 Å². The summed E-state index contributed by atoms with van der Waals surface area (Å²) in [6.45, 7) is 4.96. The summed E-state index contributed by atoms with van der Waals surface area (Å²) in [4.78, 5) is 24.7. The zero-order valence-electron chi connectivity index (χ0n) is 64.7. The van der Waals surface area contributed by atoms with E-state index in [4.69, 9.17) is 4.74 Å². The highest BCUT2D eigenvalue weighted by atomic mass is 16.5. The third kappa shape index (κ3) is 80.9. The number of hydrogen-bond donors (Lipinski definition) is 3. The molecule has 562 valence electrons. The number of unbranched alkanes of at least 4 members (excludes halogenated alkanes) is 68. The van der Waals surface area contributed by atoms with Crippen LogP contribution in [0.15, 0.2) is 36.5 Å². The summed E-state index contributed by atoms with van der Waals surface area (Å²) in [5, 5.41) is 23.3. The van der Waals surface area contributed by atoms with Crippen molar-refractivity contribution in [1.29, 1.82) is 0 Å². The molecule has 0 aromatic heterocycles. The average molecular weight is 1340 g/mol. The van der Waals surface area contributed by atoms with Crippen LogP contribution in [-0.4, -0.2) is 47.4 Å². The van der Waals surface area contributed by atoms with Gasteiger partial charge < -0.3 is 20.3 Å². The van der Waals surface area contributed by atoms with E-state index in [2.05, 4.69) is 43.5 Å². The second-order valence-corrected chi connectivity index (χ2v) is 30.2. The van der Waals surface area contributed by atoms with Gasteiger partial charge in [-0.1, -0.05) is 436 Å². The molecule has 2 unspecified atom stereocenters. The molecule has 6 heteroatoms. The van der Waals surface area contributed by atoms with E-state index < -0.39 is 12.1 Å². The van der Waals surface area contributed by atoms with E-state index in [9.17, 15) is 19.8 Å². The van der Waals surface area contributed by atoms with Crippen molar-refractivity contribution in [3.8, 4) is 0 Å². The lowest BCUT2D eigenvalue weighted by molar-refractivity contribution is -0.143. The Bertz CT molecular complexity index is 1540. The standard InChI is InChI=1S/C89H171NO5/c1-3-5-7-9-11-13-15-17-19-21-23-24-42-46-49-53-57-61-65-69-73-77-81-87(92)86(85-91)90-88(93)82-78-74-70-66-62-58-54-50-47-43-40-38-36-34-32-30-28-26-25-27-29-31-33-35-37-39-41-44-48-52-56-60-64-68-72-76-80-84-95-89(94)83-79-75-71-67-63-59-55-51-45-22-20-18-16-14-12-10-8-6-4-2/h18,20,25,27,77,81,86-87,91-92H,3-17,19,21-24,26,28-76,78-80,82-85H2,1-2H3,(H,90,93)/b20-18-,27-25-,81-77+. The number of amides is 1. The SMILES string of the molecule is CCCCCCCC/C=C\CCCCCCCCCCCC(=O)OCCCCCCCCCCCCCCCCCC/C=C\CCCCCCCCCCCCCCCCCCCC(=O)NC(CO)C(O)/C=C/CCCCCCCCCCCCCCCCCCCCCC. The number of esters is 1. The average Bonchev–Trinajstić information content (AvgIpc) is 3.35. The molecular formula is C89H171NO5. The lowest BCUT2D eigenvalue weighted by atomic mass is 10.0. The summed E-state index contributed by atoms with van der Waals surface area (Å²) in [5.41, 5.74) is 0. The van der Waals surface area contributed by atoms with Gasteiger partial charge in [0.15, 0.2) is 0 Å². The van der Waals surface area contributed by atoms with Crippen molar-refractivity contribution in [1.82, 2.24) is 5.32 Å². The Kier molecular flexibility index (Phi) is 82.8. The van der Waals surface area contributed by atoms with E-state index in [0.29, 0.717) is 19.4 Å². The van der Waals surface area contributed by atoms with Crippen molar-refractivity contribution in [3.05, 3.63) is 36.5 Å². The van der Waals surface area contributed by atoms with Gasteiger partial charge in [-0.3, -0.25) is 9.59 Å². The number of hydrogen-bond acceptors (Lipinski definition) is 5. The predicted molar refractivity (Wildman–Crippen MR) is 421 cm³/mol. The zero-order chi connectivity index (χ0) is 68.4. The summed E-state index contributed by atoms with van der Waals surface area (Å²) in [7, 11) is 0. The lowest BCUT2D eigenvalue weighted by Gasteiger charge is -2.20. The van der Waals surface area contributed by atoms with Crippen LogP contribution in [0.25, 0.3) is 0 Å². The topological polar surface area (TPSA) is 95.9 Å². The van der Waals surface area contributed by atoms with Crippen molar-refractivity contribution < 1.29 is 24.5 Å². The van der Waals surface area contributed by atoms with Gasteiger partial charge in [0, 0.05) is 12.8 Å². The highest BCUT2D eigenvalue weighted by Gasteiger charge is 2.18. The number of allylic oxidation sites excluding steroid dienone is 5. The summed E-state index contributed by atoms with van der Waals surface area (Å²) < 4.78 is 5.52. The second kappa shape index (κ2) is 84.5. The van der Waals surface area contributed by atoms with Crippen LogP contribution in [-0.2, 0) is 14.3 Å². The molecule has 0 radical (unpaired) electrons. The van der Waals surface area contributed by atoms with Gasteiger partial charge >= 0.3 is 5.97 Å².